The third-order valence-corrected chi connectivity index (χ3v) is 2.56. The average molecular weight is 250 g/mol. The van der Waals surface area contributed by atoms with E-state index in [1.165, 1.54) is 11.0 Å². The SMILES string of the molecule is CC1NC(=O)Oc2cc(OC(=O)N(C)C)ccc21. The van der Waals surface area contributed by atoms with Gasteiger partial charge in [-0.15, -0.1) is 0 Å². The van der Waals surface area contributed by atoms with Gasteiger partial charge in [0.05, 0.1) is 6.04 Å². The molecule has 18 heavy (non-hydrogen) atoms. The fraction of sp³-hybridized carbons (Fsp3) is 0.333. The average Bonchev–Trinajstić information content (AvgIpc) is 2.27. The van der Waals surface area contributed by atoms with E-state index in [0.717, 1.165) is 5.56 Å². The largest absolute Gasteiger partial charge is 0.414 e. The van der Waals surface area contributed by atoms with Crippen LogP contribution < -0.4 is 14.8 Å². The first kappa shape index (κ1) is 12.2. The number of ether oxygens (including phenoxy) is 2. The summed E-state index contributed by atoms with van der Waals surface area (Å²) in [5, 5.41) is 2.64. The maximum Gasteiger partial charge on any atom is 0.414 e. The predicted molar refractivity (Wildman–Crippen MR) is 63.7 cm³/mol. The van der Waals surface area contributed by atoms with Crippen molar-refractivity contribution in [3.05, 3.63) is 23.8 Å². The summed E-state index contributed by atoms with van der Waals surface area (Å²) in [5.74, 6) is 0.754. The molecule has 2 amide bonds. The number of fused-ring (bicyclic) bond motifs is 1. The maximum absolute atomic E-state index is 11.4. The number of rotatable bonds is 1. The van der Waals surface area contributed by atoms with E-state index in [4.69, 9.17) is 9.47 Å². The van der Waals surface area contributed by atoms with Crippen LogP contribution in [0.25, 0.3) is 0 Å². The summed E-state index contributed by atoms with van der Waals surface area (Å²) in [5.41, 5.74) is 0.847. The van der Waals surface area contributed by atoms with Gasteiger partial charge in [0.2, 0.25) is 0 Å². The number of benzene rings is 1. The Morgan fingerprint density at radius 3 is 2.83 bits per heavy atom. The molecule has 2 rings (SSSR count). The van der Waals surface area contributed by atoms with Crippen molar-refractivity contribution in [1.29, 1.82) is 0 Å². The molecule has 6 nitrogen and oxygen atoms in total. The van der Waals surface area contributed by atoms with Crippen LogP contribution in [0.3, 0.4) is 0 Å². The summed E-state index contributed by atoms with van der Waals surface area (Å²) in [6.45, 7) is 1.85. The zero-order valence-electron chi connectivity index (χ0n) is 10.4. The lowest BCUT2D eigenvalue weighted by Gasteiger charge is -2.23. The molecule has 1 heterocycles. The van der Waals surface area contributed by atoms with E-state index in [2.05, 4.69) is 5.32 Å². The quantitative estimate of drug-likeness (QED) is 0.826. The van der Waals surface area contributed by atoms with Crippen molar-refractivity contribution < 1.29 is 19.1 Å². The van der Waals surface area contributed by atoms with Crippen LogP contribution in [0.5, 0.6) is 11.5 Å². The standard InChI is InChI=1S/C12H14N2O4/c1-7-9-5-4-8(17-12(16)14(2)3)6-10(9)18-11(15)13-7/h4-7H,1-3H3,(H,13,15). The van der Waals surface area contributed by atoms with E-state index in [0.29, 0.717) is 11.5 Å². The second kappa shape index (κ2) is 4.56. The smallest absolute Gasteiger partial charge is 0.410 e. The zero-order chi connectivity index (χ0) is 13.3. The molecule has 0 saturated heterocycles. The summed E-state index contributed by atoms with van der Waals surface area (Å²) in [4.78, 5) is 23.9. The normalized spacial score (nSPS) is 17.3. The number of carbonyl (C=O) groups is 2. The first-order chi connectivity index (χ1) is 8.47. The van der Waals surface area contributed by atoms with Crippen molar-refractivity contribution in [3.63, 3.8) is 0 Å². The molecule has 0 radical (unpaired) electrons. The fourth-order valence-electron chi connectivity index (χ4n) is 1.60. The molecule has 1 N–H and O–H groups in total. The Kier molecular flexibility index (Phi) is 3.10. The minimum Gasteiger partial charge on any atom is -0.410 e. The molecule has 0 aromatic heterocycles. The van der Waals surface area contributed by atoms with E-state index in [1.807, 2.05) is 6.92 Å². The van der Waals surface area contributed by atoms with Crippen LogP contribution in [0.1, 0.15) is 18.5 Å². The van der Waals surface area contributed by atoms with Gasteiger partial charge in [0.1, 0.15) is 11.5 Å². The van der Waals surface area contributed by atoms with E-state index >= 15 is 0 Å². The second-order valence-corrected chi connectivity index (χ2v) is 4.22. The van der Waals surface area contributed by atoms with Crippen LogP contribution in [0.15, 0.2) is 18.2 Å². The lowest BCUT2D eigenvalue weighted by Crippen LogP contribution is -2.34. The van der Waals surface area contributed by atoms with Gasteiger partial charge in [-0.05, 0) is 19.1 Å². The third kappa shape index (κ3) is 2.37. The number of nitrogens with one attached hydrogen (secondary N) is 1. The molecule has 1 aliphatic rings. The van der Waals surface area contributed by atoms with Crippen molar-refractivity contribution in [2.24, 2.45) is 0 Å². The van der Waals surface area contributed by atoms with Gasteiger partial charge in [0.15, 0.2) is 0 Å². The topological polar surface area (TPSA) is 67.9 Å². The Bertz CT molecular complexity index is 499. The molecule has 0 saturated carbocycles. The molecule has 0 aliphatic carbocycles. The Morgan fingerprint density at radius 1 is 1.44 bits per heavy atom. The van der Waals surface area contributed by atoms with Crippen molar-refractivity contribution in [2.75, 3.05) is 14.1 Å². The summed E-state index contributed by atoms with van der Waals surface area (Å²) >= 11 is 0. The second-order valence-electron chi connectivity index (χ2n) is 4.22. The number of hydrogen-bond donors (Lipinski definition) is 1. The molecule has 0 spiro atoms. The van der Waals surface area contributed by atoms with Gasteiger partial charge < -0.3 is 19.7 Å². The Morgan fingerprint density at radius 2 is 2.17 bits per heavy atom. The lowest BCUT2D eigenvalue weighted by atomic mass is 10.1. The molecular formula is C12H14N2O4. The van der Waals surface area contributed by atoms with Crippen LogP contribution >= 0.6 is 0 Å². The summed E-state index contributed by atoms with van der Waals surface area (Å²) in [7, 11) is 3.18. The summed E-state index contributed by atoms with van der Waals surface area (Å²) in [6, 6.07) is 4.83. The molecule has 96 valence electrons. The van der Waals surface area contributed by atoms with Crippen LogP contribution in [-0.2, 0) is 0 Å². The molecule has 0 fully saturated rings. The number of nitrogens with zero attached hydrogens (tertiary/aromatic N) is 1. The summed E-state index contributed by atoms with van der Waals surface area (Å²) in [6.07, 6.45) is -0.991. The van der Waals surface area contributed by atoms with Crippen molar-refractivity contribution in [3.8, 4) is 11.5 Å². The molecule has 0 bridgehead atoms. The van der Waals surface area contributed by atoms with Crippen LogP contribution in [0.2, 0.25) is 0 Å². The monoisotopic (exact) mass is 250 g/mol. The van der Waals surface area contributed by atoms with Gasteiger partial charge in [-0.2, -0.15) is 0 Å². The van der Waals surface area contributed by atoms with Gasteiger partial charge in [-0.3, -0.25) is 0 Å². The molecule has 1 aromatic rings. The molecule has 6 heteroatoms. The number of carbonyl (C=O) groups excluding carboxylic acids is 2. The Labute approximate surface area is 104 Å². The summed E-state index contributed by atoms with van der Waals surface area (Å²) < 4.78 is 10.1. The van der Waals surface area contributed by atoms with E-state index in [-0.39, 0.29) is 6.04 Å². The predicted octanol–water partition coefficient (Wildman–Crippen LogP) is 1.91. The third-order valence-electron chi connectivity index (χ3n) is 2.56. The molecular weight excluding hydrogens is 236 g/mol. The van der Waals surface area contributed by atoms with Crippen LogP contribution in [0.4, 0.5) is 9.59 Å². The first-order valence-electron chi connectivity index (χ1n) is 5.49. The van der Waals surface area contributed by atoms with Gasteiger partial charge in [0.25, 0.3) is 0 Å². The minimum atomic E-state index is -0.508. The highest BCUT2D eigenvalue weighted by molar-refractivity contribution is 5.75. The molecule has 1 unspecified atom stereocenters. The highest BCUT2D eigenvalue weighted by atomic mass is 16.6. The Balaban J connectivity index is 2.24. The minimum absolute atomic E-state index is 0.125. The van der Waals surface area contributed by atoms with Gasteiger partial charge in [-0.1, -0.05) is 0 Å². The molecule has 1 atom stereocenters. The zero-order valence-corrected chi connectivity index (χ0v) is 10.4. The van der Waals surface area contributed by atoms with Crippen LogP contribution in [0, 0.1) is 0 Å². The van der Waals surface area contributed by atoms with Crippen molar-refractivity contribution in [2.45, 2.75) is 13.0 Å². The van der Waals surface area contributed by atoms with Gasteiger partial charge >= 0.3 is 12.2 Å². The Hall–Kier alpha value is -2.24. The van der Waals surface area contributed by atoms with Crippen molar-refractivity contribution in [1.82, 2.24) is 10.2 Å². The van der Waals surface area contributed by atoms with E-state index in [9.17, 15) is 9.59 Å². The maximum atomic E-state index is 11.4. The highest BCUT2D eigenvalue weighted by Gasteiger charge is 2.23. The first-order valence-corrected chi connectivity index (χ1v) is 5.49. The number of amides is 2. The highest BCUT2D eigenvalue weighted by Crippen LogP contribution is 2.32. The fourth-order valence-corrected chi connectivity index (χ4v) is 1.60. The van der Waals surface area contributed by atoms with E-state index < -0.39 is 12.2 Å². The molecule has 1 aromatic carbocycles. The van der Waals surface area contributed by atoms with Gasteiger partial charge in [-0.25, -0.2) is 9.59 Å². The number of hydrogen-bond acceptors (Lipinski definition) is 4. The van der Waals surface area contributed by atoms with Crippen LogP contribution in [-0.4, -0.2) is 31.2 Å². The van der Waals surface area contributed by atoms with E-state index in [1.54, 1.807) is 26.2 Å². The molecule has 1 aliphatic heterocycles. The van der Waals surface area contributed by atoms with Crippen molar-refractivity contribution >= 4 is 12.2 Å². The van der Waals surface area contributed by atoms with Gasteiger partial charge in [0, 0.05) is 25.7 Å². The lowest BCUT2D eigenvalue weighted by molar-refractivity contribution is 0.171.